The van der Waals surface area contributed by atoms with Crippen molar-refractivity contribution >= 4 is 44.3 Å². The van der Waals surface area contributed by atoms with Gasteiger partial charge in [0, 0.05) is 6.54 Å². The van der Waals surface area contributed by atoms with Crippen LogP contribution in [0.4, 0.5) is 0 Å². The summed E-state index contributed by atoms with van der Waals surface area (Å²) in [5.74, 6) is 0.252. The fourth-order valence-corrected chi connectivity index (χ4v) is 2.36. The van der Waals surface area contributed by atoms with Gasteiger partial charge in [0.2, 0.25) is 0 Å². The molecule has 0 radical (unpaired) electrons. The maximum atomic E-state index is 9.46. The molecule has 0 amide bonds. The lowest BCUT2D eigenvalue weighted by molar-refractivity contribution is 0.401. The molecule has 80 valence electrons. The van der Waals surface area contributed by atoms with E-state index in [-0.39, 0.29) is 18.2 Å². The molecule has 1 aromatic carbocycles. The molecule has 0 aliphatic heterocycles. The first-order valence-electron chi connectivity index (χ1n) is 3.82. The highest BCUT2D eigenvalue weighted by Crippen LogP contribution is 2.33. The normalized spacial score (nSPS) is 10.1. The van der Waals surface area contributed by atoms with Crippen LogP contribution in [0.3, 0.4) is 0 Å². The summed E-state index contributed by atoms with van der Waals surface area (Å²) in [7, 11) is 4.02. The van der Waals surface area contributed by atoms with Crippen LogP contribution in [0, 0.1) is 0 Å². The van der Waals surface area contributed by atoms with Crippen molar-refractivity contribution < 1.29 is 5.11 Å². The Bertz CT molecular complexity index is 295. The number of hydrogen-bond donors (Lipinski definition) is 1. The van der Waals surface area contributed by atoms with Crippen molar-refractivity contribution in [2.75, 3.05) is 14.1 Å². The zero-order valence-electron chi connectivity index (χ0n) is 7.92. The topological polar surface area (TPSA) is 23.5 Å². The third-order valence-electron chi connectivity index (χ3n) is 1.58. The summed E-state index contributed by atoms with van der Waals surface area (Å²) in [4.78, 5) is 2.07. The maximum Gasteiger partial charge on any atom is 0.143 e. The average molecular weight is 345 g/mol. The lowest BCUT2D eigenvalue weighted by atomic mass is 10.2. The zero-order chi connectivity index (χ0) is 10.0. The molecule has 1 N–H and O–H groups in total. The monoisotopic (exact) mass is 343 g/mol. The molecule has 0 aliphatic rings. The Morgan fingerprint density at radius 2 is 1.64 bits per heavy atom. The van der Waals surface area contributed by atoms with Crippen LogP contribution in [0.2, 0.25) is 0 Å². The second kappa shape index (κ2) is 5.95. The molecule has 0 unspecified atom stereocenters. The molecule has 0 aliphatic carbocycles. The Morgan fingerprint density at radius 1 is 1.21 bits per heavy atom. The maximum absolute atomic E-state index is 9.46. The summed E-state index contributed by atoms with van der Waals surface area (Å²) in [6.45, 7) is 0.859. The van der Waals surface area contributed by atoms with Crippen LogP contribution in [0.25, 0.3) is 0 Å². The van der Waals surface area contributed by atoms with Crippen molar-refractivity contribution in [3.63, 3.8) is 0 Å². The van der Waals surface area contributed by atoms with E-state index in [4.69, 9.17) is 0 Å². The van der Waals surface area contributed by atoms with Crippen molar-refractivity contribution in [3.8, 4) is 5.75 Å². The van der Waals surface area contributed by atoms with Gasteiger partial charge in [-0.05, 0) is 63.7 Å². The van der Waals surface area contributed by atoms with Gasteiger partial charge < -0.3 is 10.0 Å². The first-order chi connectivity index (χ1) is 6.00. The van der Waals surface area contributed by atoms with Gasteiger partial charge in [-0.2, -0.15) is 0 Å². The molecule has 0 heterocycles. The number of benzene rings is 1. The Morgan fingerprint density at radius 3 is 2.00 bits per heavy atom. The van der Waals surface area contributed by atoms with Gasteiger partial charge in [-0.25, -0.2) is 0 Å². The van der Waals surface area contributed by atoms with Gasteiger partial charge in [-0.3, -0.25) is 0 Å². The molecule has 0 atom stereocenters. The molecule has 1 rings (SSSR count). The van der Waals surface area contributed by atoms with Gasteiger partial charge in [0.1, 0.15) is 5.75 Å². The molecule has 0 fully saturated rings. The Labute approximate surface area is 107 Å². The minimum Gasteiger partial charge on any atom is -0.506 e. The van der Waals surface area contributed by atoms with E-state index in [9.17, 15) is 5.11 Å². The van der Waals surface area contributed by atoms with E-state index in [0.29, 0.717) is 0 Å². The number of nitrogens with zero attached hydrogens (tertiary/aromatic N) is 1. The molecule has 1 aromatic rings. The Balaban J connectivity index is 0.00000169. The number of aromatic hydroxyl groups is 1. The van der Waals surface area contributed by atoms with Gasteiger partial charge in [0.15, 0.2) is 0 Å². The number of hydrogen-bond acceptors (Lipinski definition) is 2. The number of phenolic OH excluding ortho intramolecular Hbond substituents is 1. The van der Waals surface area contributed by atoms with Crippen LogP contribution in [-0.4, -0.2) is 24.1 Å². The summed E-state index contributed by atoms with van der Waals surface area (Å²) in [6, 6.07) is 3.83. The second-order valence-corrected chi connectivity index (χ2v) is 4.85. The van der Waals surface area contributed by atoms with Crippen LogP contribution in [0.5, 0.6) is 5.75 Å². The fourth-order valence-electron chi connectivity index (χ4n) is 1.07. The minimum atomic E-state index is 0. The third-order valence-corrected chi connectivity index (χ3v) is 2.78. The van der Waals surface area contributed by atoms with Crippen LogP contribution in [-0.2, 0) is 6.54 Å². The molecular formula is C9H12Br2ClNO. The summed E-state index contributed by atoms with van der Waals surface area (Å²) in [5, 5.41) is 9.46. The second-order valence-electron chi connectivity index (χ2n) is 3.15. The zero-order valence-corrected chi connectivity index (χ0v) is 11.9. The fraction of sp³-hybridized carbons (Fsp3) is 0.333. The molecule has 5 heteroatoms. The van der Waals surface area contributed by atoms with Crippen molar-refractivity contribution in [3.05, 3.63) is 26.6 Å². The highest BCUT2D eigenvalue weighted by molar-refractivity contribution is 9.11. The molecule has 0 saturated heterocycles. The molecule has 0 saturated carbocycles. The van der Waals surface area contributed by atoms with E-state index in [1.807, 2.05) is 26.2 Å². The van der Waals surface area contributed by atoms with Crippen molar-refractivity contribution in [2.45, 2.75) is 6.54 Å². The van der Waals surface area contributed by atoms with E-state index in [1.165, 1.54) is 0 Å². The molecule has 14 heavy (non-hydrogen) atoms. The van der Waals surface area contributed by atoms with E-state index < -0.39 is 0 Å². The summed E-state index contributed by atoms with van der Waals surface area (Å²) >= 11 is 6.58. The van der Waals surface area contributed by atoms with Gasteiger partial charge >= 0.3 is 0 Å². The average Bonchev–Trinajstić information content (AvgIpc) is 1.98. The van der Waals surface area contributed by atoms with Gasteiger partial charge in [0.25, 0.3) is 0 Å². The van der Waals surface area contributed by atoms with Crippen molar-refractivity contribution in [1.82, 2.24) is 4.90 Å². The lowest BCUT2D eigenvalue weighted by Gasteiger charge is -2.11. The molecule has 0 aromatic heterocycles. The number of phenols is 1. The molecule has 0 bridgehead atoms. The summed E-state index contributed by atoms with van der Waals surface area (Å²) < 4.78 is 1.44. The van der Waals surface area contributed by atoms with Crippen LogP contribution < -0.4 is 0 Å². The predicted molar refractivity (Wildman–Crippen MR) is 68.1 cm³/mol. The smallest absolute Gasteiger partial charge is 0.143 e. The van der Waals surface area contributed by atoms with E-state index in [2.05, 4.69) is 36.8 Å². The van der Waals surface area contributed by atoms with Gasteiger partial charge in [0.05, 0.1) is 8.95 Å². The quantitative estimate of drug-likeness (QED) is 0.888. The van der Waals surface area contributed by atoms with Crippen LogP contribution in [0.1, 0.15) is 5.56 Å². The Hall–Kier alpha value is 0.230. The molecular weight excluding hydrogens is 333 g/mol. The predicted octanol–water partition coefficient (Wildman–Crippen LogP) is 3.40. The summed E-state index contributed by atoms with van der Waals surface area (Å²) in [6.07, 6.45) is 0. The largest absolute Gasteiger partial charge is 0.506 e. The minimum absolute atomic E-state index is 0. The SMILES string of the molecule is CN(C)Cc1cc(Br)c(O)c(Br)c1.Cl. The van der Waals surface area contributed by atoms with Gasteiger partial charge in [-0.15, -0.1) is 12.4 Å². The lowest BCUT2D eigenvalue weighted by Crippen LogP contribution is -2.10. The number of rotatable bonds is 2. The van der Waals surface area contributed by atoms with Crippen LogP contribution >= 0.6 is 44.3 Å². The van der Waals surface area contributed by atoms with E-state index >= 15 is 0 Å². The van der Waals surface area contributed by atoms with Crippen molar-refractivity contribution in [1.29, 1.82) is 0 Å². The summed E-state index contributed by atoms with van der Waals surface area (Å²) in [5.41, 5.74) is 1.15. The molecule has 0 spiro atoms. The number of halogens is 3. The standard InChI is InChI=1S/C9H11Br2NO.ClH/c1-12(2)5-6-3-7(10)9(13)8(11)4-6;/h3-4,13H,5H2,1-2H3;1H. The van der Waals surface area contributed by atoms with E-state index in [0.717, 1.165) is 21.1 Å². The van der Waals surface area contributed by atoms with Gasteiger partial charge in [-0.1, -0.05) is 0 Å². The first-order valence-corrected chi connectivity index (χ1v) is 5.41. The highest BCUT2D eigenvalue weighted by atomic mass is 79.9. The van der Waals surface area contributed by atoms with Crippen LogP contribution in [0.15, 0.2) is 21.1 Å². The first kappa shape index (κ1) is 14.2. The molecule has 2 nitrogen and oxygen atoms in total. The Kier molecular flexibility index (Phi) is 6.05. The highest BCUT2D eigenvalue weighted by Gasteiger charge is 2.05. The van der Waals surface area contributed by atoms with Crippen molar-refractivity contribution in [2.24, 2.45) is 0 Å². The van der Waals surface area contributed by atoms with E-state index in [1.54, 1.807) is 0 Å². The third kappa shape index (κ3) is 3.77.